The van der Waals surface area contributed by atoms with Gasteiger partial charge in [0, 0.05) is 0 Å². The molecule has 78 valence electrons. The van der Waals surface area contributed by atoms with Crippen LogP contribution in [0.1, 0.15) is 11.5 Å². The summed E-state index contributed by atoms with van der Waals surface area (Å²) < 4.78 is 14.1. The summed E-state index contributed by atoms with van der Waals surface area (Å²) >= 11 is 0. The summed E-state index contributed by atoms with van der Waals surface area (Å²) in [4.78, 5) is 10.5. The molecule has 0 saturated heterocycles. The van der Waals surface area contributed by atoms with E-state index in [9.17, 15) is 4.79 Å². The summed E-state index contributed by atoms with van der Waals surface area (Å²) in [5.41, 5.74) is 1.15. The van der Waals surface area contributed by atoms with Gasteiger partial charge in [0.15, 0.2) is 6.61 Å². The molecule has 0 aliphatic rings. The van der Waals surface area contributed by atoms with Crippen LogP contribution in [-0.2, 0) is 6.61 Å². The van der Waals surface area contributed by atoms with Crippen LogP contribution in [0.5, 0.6) is 5.75 Å². The maximum absolute atomic E-state index is 10.5. The monoisotopic (exact) mass is 207 g/mol. The van der Waals surface area contributed by atoms with Crippen molar-refractivity contribution in [3.63, 3.8) is 0 Å². The van der Waals surface area contributed by atoms with Crippen LogP contribution in [0.4, 0.5) is 0 Å². The lowest BCUT2D eigenvalue weighted by Crippen LogP contribution is -1.96. The summed E-state index contributed by atoms with van der Waals surface area (Å²) in [6.45, 7) is 2.06. The Labute approximate surface area is 85.3 Å². The van der Waals surface area contributed by atoms with Gasteiger partial charge in [0.1, 0.15) is 5.75 Å². The third-order valence-corrected chi connectivity index (χ3v) is 1.81. The third-order valence-electron chi connectivity index (χ3n) is 1.81. The summed E-state index contributed by atoms with van der Waals surface area (Å²) in [6.07, 6.45) is 0. The van der Waals surface area contributed by atoms with Gasteiger partial charge in [0.05, 0.1) is 0 Å². The first-order chi connectivity index (χ1) is 7.24. The average Bonchev–Trinajstić information content (AvgIpc) is 2.64. The van der Waals surface area contributed by atoms with Gasteiger partial charge >= 0.3 is 5.82 Å². The zero-order valence-electron chi connectivity index (χ0n) is 8.10. The number of aromatic nitrogens is 1. The van der Waals surface area contributed by atoms with Crippen molar-refractivity contribution in [3.8, 4) is 5.75 Å². The number of nitrogens with zero attached hydrogens (tertiary/aromatic N) is 1. The van der Waals surface area contributed by atoms with Crippen LogP contribution in [-0.4, -0.2) is 5.16 Å². The van der Waals surface area contributed by atoms with Gasteiger partial charge in [-0.1, -0.05) is 17.7 Å². The zero-order valence-corrected chi connectivity index (χ0v) is 8.10. The standard InChI is InChI=1S/C10H9NO4/c1-7-2-4-8(5-3-7)13-6-9-11-15-10(12)14-9/h2-5H,6H2,1H3. The van der Waals surface area contributed by atoms with Crippen molar-refractivity contribution in [2.75, 3.05) is 0 Å². The van der Waals surface area contributed by atoms with Crippen molar-refractivity contribution in [1.82, 2.24) is 5.16 Å². The number of hydrogen-bond acceptors (Lipinski definition) is 5. The van der Waals surface area contributed by atoms with Gasteiger partial charge in [-0.3, -0.25) is 4.52 Å². The molecule has 0 unspecified atom stereocenters. The summed E-state index contributed by atoms with van der Waals surface area (Å²) in [5.74, 6) is -0.00988. The molecule has 0 atom stereocenters. The number of benzene rings is 1. The van der Waals surface area contributed by atoms with Crippen LogP contribution in [0, 0.1) is 6.92 Å². The van der Waals surface area contributed by atoms with Crippen LogP contribution in [0.15, 0.2) is 38.0 Å². The second-order valence-electron chi connectivity index (χ2n) is 3.03. The first-order valence-electron chi connectivity index (χ1n) is 4.39. The molecule has 0 amide bonds. The van der Waals surface area contributed by atoms with Gasteiger partial charge in [-0.25, -0.2) is 4.79 Å². The first kappa shape index (κ1) is 9.51. The number of ether oxygens (including phenoxy) is 1. The SMILES string of the molecule is Cc1ccc(OCc2noc(=O)o2)cc1. The molecule has 0 N–H and O–H groups in total. The largest absolute Gasteiger partial charge is 0.542 e. The molecule has 0 aliphatic heterocycles. The fourth-order valence-corrected chi connectivity index (χ4v) is 1.06. The Balaban J connectivity index is 1.99. The Hall–Kier alpha value is -2.04. The topological polar surface area (TPSA) is 65.5 Å². The number of aryl methyl sites for hydroxylation is 1. The molecule has 0 fully saturated rings. The van der Waals surface area contributed by atoms with E-state index in [1.807, 2.05) is 31.2 Å². The highest BCUT2D eigenvalue weighted by Crippen LogP contribution is 2.12. The molecule has 1 aromatic heterocycles. The molecule has 0 bridgehead atoms. The van der Waals surface area contributed by atoms with Crippen LogP contribution in [0.25, 0.3) is 0 Å². The van der Waals surface area contributed by atoms with Crippen molar-refractivity contribution in [1.29, 1.82) is 0 Å². The molecule has 0 aliphatic carbocycles. The Kier molecular flexibility index (Phi) is 2.53. The molecule has 15 heavy (non-hydrogen) atoms. The Morgan fingerprint density at radius 1 is 1.33 bits per heavy atom. The molecule has 0 saturated carbocycles. The second kappa shape index (κ2) is 4.00. The first-order valence-corrected chi connectivity index (χ1v) is 4.39. The molecular weight excluding hydrogens is 198 g/mol. The maximum atomic E-state index is 10.5. The molecule has 1 heterocycles. The van der Waals surface area contributed by atoms with Gasteiger partial charge in [0.2, 0.25) is 0 Å². The minimum Gasteiger partial charge on any atom is -0.484 e. The van der Waals surface area contributed by atoms with E-state index in [0.29, 0.717) is 5.75 Å². The summed E-state index contributed by atoms with van der Waals surface area (Å²) in [7, 11) is 0. The van der Waals surface area contributed by atoms with E-state index in [1.54, 1.807) is 0 Å². The lowest BCUT2D eigenvalue weighted by atomic mass is 10.2. The molecule has 2 aromatic rings. The number of hydrogen-bond donors (Lipinski definition) is 0. The third kappa shape index (κ3) is 2.46. The minimum absolute atomic E-state index is 0.0782. The Bertz CT molecular complexity index is 483. The highest BCUT2D eigenvalue weighted by molar-refractivity contribution is 5.26. The normalized spacial score (nSPS) is 10.2. The van der Waals surface area contributed by atoms with E-state index < -0.39 is 5.82 Å². The summed E-state index contributed by atoms with van der Waals surface area (Å²) in [6, 6.07) is 7.50. The van der Waals surface area contributed by atoms with Crippen molar-refractivity contribution in [2.24, 2.45) is 0 Å². The second-order valence-corrected chi connectivity index (χ2v) is 3.03. The van der Waals surface area contributed by atoms with E-state index >= 15 is 0 Å². The van der Waals surface area contributed by atoms with Crippen LogP contribution < -0.4 is 10.6 Å². The van der Waals surface area contributed by atoms with Crippen molar-refractivity contribution in [3.05, 3.63) is 46.3 Å². The van der Waals surface area contributed by atoms with E-state index in [2.05, 4.69) is 14.1 Å². The minimum atomic E-state index is -0.822. The predicted octanol–water partition coefficient (Wildman–Crippen LogP) is 1.52. The van der Waals surface area contributed by atoms with Crippen molar-refractivity contribution < 1.29 is 13.7 Å². The fourth-order valence-electron chi connectivity index (χ4n) is 1.06. The molecule has 5 nitrogen and oxygen atoms in total. The molecule has 0 radical (unpaired) electrons. The highest BCUT2D eigenvalue weighted by atomic mass is 16.6. The Morgan fingerprint density at radius 3 is 2.67 bits per heavy atom. The van der Waals surface area contributed by atoms with Gasteiger partial charge in [-0.2, -0.15) is 0 Å². The van der Waals surface area contributed by atoms with Crippen LogP contribution in [0.2, 0.25) is 0 Å². The van der Waals surface area contributed by atoms with Crippen molar-refractivity contribution >= 4 is 0 Å². The van der Waals surface area contributed by atoms with E-state index in [0.717, 1.165) is 5.56 Å². The van der Waals surface area contributed by atoms with Crippen LogP contribution in [0.3, 0.4) is 0 Å². The predicted molar refractivity (Wildman–Crippen MR) is 50.6 cm³/mol. The van der Waals surface area contributed by atoms with Gasteiger partial charge in [-0.15, -0.1) is 0 Å². The fraction of sp³-hybridized carbons (Fsp3) is 0.200. The quantitative estimate of drug-likeness (QED) is 0.763. The smallest absolute Gasteiger partial charge is 0.484 e. The van der Waals surface area contributed by atoms with E-state index in [4.69, 9.17) is 4.74 Å². The lowest BCUT2D eigenvalue weighted by Gasteiger charge is -2.02. The lowest BCUT2D eigenvalue weighted by molar-refractivity contribution is 0.259. The average molecular weight is 207 g/mol. The zero-order chi connectivity index (χ0) is 10.7. The molecule has 1 aromatic carbocycles. The Morgan fingerprint density at radius 2 is 2.07 bits per heavy atom. The van der Waals surface area contributed by atoms with Crippen LogP contribution >= 0.6 is 0 Å². The highest BCUT2D eigenvalue weighted by Gasteiger charge is 2.03. The number of rotatable bonds is 3. The van der Waals surface area contributed by atoms with Gasteiger partial charge in [0.25, 0.3) is 5.89 Å². The summed E-state index contributed by atoms with van der Waals surface area (Å²) in [5, 5.41) is 3.37. The van der Waals surface area contributed by atoms with Crippen molar-refractivity contribution in [2.45, 2.75) is 13.5 Å². The van der Waals surface area contributed by atoms with E-state index in [-0.39, 0.29) is 12.5 Å². The maximum Gasteiger partial charge on any atom is 0.542 e. The molecule has 0 spiro atoms. The molecule has 2 rings (SSSR count). The molecular formula is C10H9NO4. The van der Waals surface area contributed by atoms with Gasteiger partial charge in [-0.05, 0) is 24.2 Å². The molecule has 5 heteroatoms. The van der Waals surface area contributed by atoms with Gasteiger partial charge < -0.3 is 9.15 Å². The van der Waals surface area contributed by atoms with E-state index in [1.165, 1.54) is 0 Å².